The van der Waals surface area contributed by atoms with Gasteiger partial charge in [-0.05, 0) is 31.7 Å². The summed E-state index contributed by atoms with van der Waals surface area (Å²) in [6, 6.07) is 2.07. The van der Waals surface area contributed by atoms with Crippen LogP contribution in [0.15, 0.2) is 37.1 Å². The third-order valence-electron chi connectivity index (χ3n) is 6.58. The van der Waals surface area contributed by atoms with Gasteiger partial charge in [0, 0.05) is 53.6 Å². The Kier molecular flexibility index (Phi) is 4.86. The zero-order valence-corrected chi connectivity index (χ0v) is 17.8. The third-order valence-corrected chi connectivity index (χ3v) is 6.58. The van der Waals surface area contributed by atoms with Gasteiger partial charge in [0.05, 0.1) is 13.2 Å². The SMILES string of the molecule is FC(F)COc1nc(NC2CCC3(CC2)COC3)nn2ccc(-c3cnc4nccn4c3)c12. The fraction of sp³-hybridized carbons (Fsp3) is 0.455. The van der Waals surface area contributed by atoms with Gasteiger partial charge in [0.15, 0.2) is 6.61 Å². The molecule has 0 bridgehead atoms. The number of alkyl halides is 2. The Morgan fingerprint density at radius 2 is 2.06 bits per heavy atom. The number of halogens is 2. The Morgan fingerprint density at radius 1 is 1.21 bits per heavy atom. The van der Waals surface area contributed by atoms with Gasteiger partial charge in [0.25, 0.3) is 6.43 Å². The van der Waals surface area contributed by atoms with E-state index in [1.165, 1.54) is 0 Å². The molecule has 2 aliphatic rings. The summed E-state index contributed by atoms with van der Waals surface area (Å²) in [6.07, 6.45) is 10.3. The second kappa shape index (κ2) is 7.91. The summed E-state index contributed by atoms with van der Waals surface area (Å²) in [5.74, 6) is 1.04. The monoisotopic (exact) mass is 455 g/mol. The molecule has 1 aliphatic heterocycles. The highest BCUT2D eigenvalue weighted by Crippen LogP contribution is 2.42. The van der Waals surface area contributed by atoms with Crippen molar-refractivity contribution in [2.75, 3.05) is 25.1 Å². The number of aromatic nitrogens is 6. The molecule has 1 saturated carbocycles. The van der Waals surface area contributed by atoms with E-state index in [-0.39, 0.29) is 11.9 Å². The number of nitrogens with zero attached hydrogens (tertiary/aromatic N) is 6. The summed E-state index contributed by atoms with van der Waals surface area (Å²) in [5.41, 5.74) is 2.36. The zero-order valence-electron chi connectivity index (χ0n) is 17.8. The van der Waals surface area contributed by atoms with Crippen molar-refractivity contribution in [3.05, 3.63) is 37.1 Å². The van der Waals surface area contributed by atoms with Crippen LogP contribution in [0.2, 0.25) is 0 Å². The minimum absolute atomic E-state index is 0.109. The average Bonchev–Trinajstić information content (AvgIpc) is 3.43. The zero-order chi connectivity index (χ0) is 22.4. The van der Waals surface area contributed by atoms with Gasteiger partial charge in [-0.25, -0.2) is 23.3 Å². The van der Waals surface area contributed by atoms with Gasteiger partial charge in [-0.15, -0.1) is 5.10 Å². The minimum atomic E-state index is -2.61. The molecule has 33 heavy (non-hydrogen) atoms. The average molecular weight is 455 g/mol. The van der Waals surface area contributed by atoms with Crippen LogP contribution in [0.25, 0.3) is 22.4 Å². The van der Waals surface area contributed by atoms with Gasteiger partial charge in [-0.1, -0.05) is 0 Å². The van der Waals surface area contributed by atoms with E-state index in [4.69, 9.17) is 9.47 Å². The van der Waals surface area contributed by atoms with Crippen LogP contribution in [0.1, 0.15) is 25.7 Å². The normalized spacial score (nSPS) is 18.3. The van der Waals surface area contributed by atoms with Crippen molar-refractivity contribution < 1.29 is 18.3 Å². The Bertz CT molecular complexity index is 1290. The first-order chi connectivity index (χ1) is 16.1. The van der Waals surface area contributed by atoms with Gasteiger partial charge in [-0.2, -0.15) is 4.98 Å². The lowest BCUT2D eigenvalue weighted by atomic mass is 9.71. The minimum Gasteiger partial charge on any atom is -0.470 e. The van der Waals surface area contributed by atoms with Crippen LogP contribution in [0.5, 0.6) is 5.88 Å². The van der Waals surface area contributed by atoms with Crippen molar-refractivity contribution in [1.82, 2.24) is 29.0 Å². The first-order valence-corrected chi connectivity index (χ1v) is 11.0. The Hall–Kier alpha value is -3.34. The van der Waals surface area contributed by atoms with Crippen LogP contribution in [0, 0.1) is 5.41 Å². The topological polar surface area (TPSA) is 90.9 Å². The number of fused-ring (bicyclic) bond motifs is 2. The van der Waals surface area contributed by atoms with Crippen LogP contribution < -0.4 is 10.1 Å². The summed E-state index contributed by atoms with van der Waals surface area (Å²) < 4.78 is 40.2. The van der Waals surface area contributed by atoms with Gasteiger partial charge < -0.3 is 14.8 Å². The summed E-state index contributed by atoms with van der Waals surface area (Å²) in [6.45, 7) is 0.945. The number of hydrogen-bond donors (Lipinski definition) is 1. The number of rotatable bonds is 6. The highest BCUT2D eigenvalue weighted by molar-refractivity contribution is 5.84. The molecule has 0 amide bonds. The van der Waals surface area contributed by atoms with E-state index in [1.807, 2.05) is 12.3 Å². The largest absolute Gasteiger partial charge is 0.470 e. The van der Waals surface area contributed by atoms with E-state index in [9.17, 15) is 8.78 Å². The molecule has 6 rings (SSSR count). The number of nitrogens with one attached hydrogen (secondary N) is 1. The molecule has 9 nitrogen and oxygen atoms in total. The van der Waals surface area contributed by atoms with Crippen LogP contribution in [-0.4, -0.2) is 61.3 Å². The van der Waals surface area contributed by atoms with Crippen molar-refractivity contribution in [2.45, 2.75) is 38.2 Å². The number of imidazole rings is 1. The molecule has 4 aromatic rings. The Labute approximate surface area is 187 Å². The molecular formula is C22H23F2N7O2. The number of ether oxygens (including phenoxy) is 2. The number of hydrogen-bond acceptors (Lipinski definition) is 7. The lowest BCUT2D eigenvalue weighted by molar-refractivity contribution is -0.131. The molecule has 11 heteroatoms. The highest BCUT2D eigenvalue weighted by atomic mass is 19.3. The lowest BCUT2D eigenvalue weighted by Gasteiger charge is -2.46. The van der Waals surface area contributed by atoms with E-state index in [0.717, 1.165) is 50.0 Å². The van der Waals surface area contributed by atoms with Crippen molar-refractivity contribution in [2.24, 2.45) is 5.41 Å². The van der Waals surface area contributed by atoms with Crippen molar-refractivity contribution >= 4 is 17.2 Å². The molecule has 0 radical (unpaired) electrons. The summed E-state index contributed by atoms with van der Waals surface area (Å²) >= 11 is 0. The van der Waals surface area contributed by atoms with E-state index in [0.29, 0.717) is 22.7 Å². The number of anilines is 1. The molecule has 172 valence electrons. The van der Waals surface area contributed by atoms with Gasteiger partial charge in [0.1, 0.15) is 5.52 Å². The first-order valence-electron chi connectivity index (χ1n) is 11.0. The quantitative estimate of drug-likeness (QED) is 0.476. The molecule has 2 fully saturated rings. The molecule has 1 aliphatic carbocycles. The fourth-order valence-corrected chi connectivity index (χ4v) is 4.72. The maximum atomic E-state index is 13.0. The maximum absolute atomic E-state index is 13.0. The molecule has 1 N–H and O–H groups in total. The van der Waals surface area contributed by atoms with E-state index >= 15 is 0 Å². The Balaban J connectivity index is 1.33. The predicted molar refractivity (Wildman–Crippen MR) is 116 cm³/mol. The van der Waals surface area contributed by atoms with Crippen LogP contribution >= 0.6 is 0 Å². The Morgan fingerprint density at radius 3 is 2.82 bits per heavy atom. The van der Waals surface area contributed by atoms with E-state index in [2.05, 4.69) is 25.4 Å². The van der Waals surface area contributed by atoms with Crippen LogP contribution in [-0.2, 0) is 4.74 Å². The van der Waals surface area contributed by atoms with Crippen LogP contribution in [0.4, 0.5) is 14.7 Å². The smallest absolute Gasteiger partial charge is 0.272 e. The molecule has 0 unspecified atom stereocenters. The van der Waals surface area contributed by atoms with Gasteiger partial charge in [-0.3, -0.25) is 4.40 Å². The van der Waals surface area contributed by atoms with E-state index < -0.39 is 13.0 Å². The van der Waals surface area contributed by atoms with Gasteiger partial charge >= 0.3 is 0 Å². The predicted octanol–water partition coefficient (Wildman–Crippen LogP) is 3.45. The maximum Gasteiger partial charge on any atom is 0.272 e. The molecule has 0 aromatic carbocycles. The summed E-state index contributed by atoms with van der Waals surface area (Å²) in [4.78, 5) is 13.0. The van der Waals surface area contributed by atoms with Gasteiger partial charge in [0.2, 0.25) is 17.6 Å². The molecule has 1 spiro atoms. The summed E-state index contributed by atoms with van der Waals surface area (Å²) in [5, 5.41) is 7.97. The molecular weight excluding hydrogens is 432 g/mol. The second-order valence-electron chi connectivity index (χ2n) is 8.85. The van der Waals surface area contributed by atoms with Crippen molar-refractivity contribution in [3.63, 3.8) is 0 Å². The standard InChI is InChI=1S/C22H23F2N7O2/c23-17(24)11-33-19-18-16(14-9-26-21-25-6-8-30(21)10-14)3-7-31(18)29-20(28-19)27-15-1-4-22(5-2-15)12-32-13-22/h3,6-10,15,17H,1-2,4-5,11-13H2,(H,27,29). The molecule has 4 aromatic heterocycles. The lowest BCUT2D eigenvalue weighted by Crippen LogP contribution is -2.47. The molecule has 1 saturated heterocycles. The first kappa shape index (κ1) is 20.3. The second-order valence-corrected chi connectivity index (χ2v) is 8.85. The van der Waals surface area contributed by atoms with Crippen molar-refractivity contribution in [1.29, 1.82) is 0 Å². The van der Waals surface area contributed by atoms with Crippen LogP contribution in [0.3, 0.4) is 0 Å². The summed E-state index contributed by atoms with van der Waals surface area (Å²) in [7, 11) is 0. The van der Waals surface area contributed by atoms with Crippen molar-refractivity contribution in [3.8, 4) is 17.0 Å². The molecule has 5 heterocycles. The highest BCUT2D eigenvalue weighted by Gasteiger charge is 2.41. The third kappa shape index (κ3) is 3.75. The molecule has 0 atom stereocenters. The van der Waals surface area contributed by atoms with E-state index in [1.54, 1.807) is 33.7 Å². The fourth-order valence-electron chi connectivity index (χ4n) is 4.72.